The quantitative estimate of drug-likeness (QED) is 0.768. The lowest BCUT2D eigenvalue weighted by molar-refractivity contribution is -0.146. The van der Waals surface area contributed by atoms with Crippen LogP contribution >= 0.6 is 0 Å². The Kier molecular flexibility index (Phi) is 3.71. The Morgan fingerprint density at radius 1 is 1.53 bits per heavy atom. The lowest BCUT2D eigenvalue weighted by Crippen LogP contribution is -2.49. The molecule has 0 aromatic rings. The number of halogens is 1. The fraction of sp³-hybridized carbons (Fsp3) is 0.909. The molecule has 0 bridgehead atoms. The third-order valence-corrected chi connectivity index (χ3v) is 3.06. The van der Waals surface area contributed by atoms with E-state index in [0.717, 1.165) is 13.0 Å². The predicted molar refractivity (Wildman–Crippen MR) is 56.6 cm³/mol. The molecule has 0 saturated carbocycles. The van der Waals surface area contributed by atoms with Gasteiger partial charge in [-0.3, -0.25) is 4.90 Å². The van der Waals surface area contributed by atoms with Gasteiger partial charge in [0.15, 0.2) is 0 Å². The second-order valence-electron chi connectivity index (χ2n) is 5.26. The smallest absolute Gasteiger partial charge is 0.338 e. The molecule has 4 heteroatoms. The van der Waals surface area contributed by atoms with Gasteiger partial charge in [-0.1, -0.05) is 0 Å². The number of hydrogen-bond donors (Lipinski definition) is 1. The highest BCUT2D eigenvalue weighted by molar-refractivity contribution is 5.72. The van der Waals surface area contributed by atoms with Gasteiger partial charge in [-0.05, 0) is 40.2 Å². The molecular weight excluding hydrogens is 197 g/mol. The van der Waals surface area contributed by atoms with Crippen LogP contribution < -0.4 is 0 Å². The largest absolute Gasteiger partial charge is 0.479 e. The maximum absolute atomic E-state index is 13.3. The standard InChI is InChI=1S/C11H20FNO2/c1-11(2,3)13-6-4-5-8(7-13)9(12)10(14)15/h8-9H,4-7H2,1-3H3,(H,14,15). The minimum Gasteiger partial charge on any atom is -0.479 e. The molecule has 1 rings (SSSR count). The van der Waals surface area contributed by atoms with Gasteiger partial charge in [0.25, 0.3) is 0 Å². The van der Waals surface area contributed by atoms with Crippen LogP contribution in [0, 0.1) is 5.92 Å². The number of carboxylic acids is 1. The van der Waals surface area contributed by atoms with Crippen molar-refractivity contribution in [3.05, 3.63) is 0 Å². The van der Waals surface area contributed by atoms with Crippen molar-refractivity contribution in [2.75, 3.05) is 13.1 Å². The van der Waals surface area contributed by atoms with Gasteiger partial charge < -0.3 is 5.11 Å². The zero-order valence-electron chi connectivity index (χ0n) is 9.66. The number of carboxylic acid groups (broad SMARTS) is 1. The van der Waals surface area contributed by atoms with E-state index in [1.54, 1.807) is 0 Å². The number of piperidine rings is 1. The molecule has 1 N–H and O–H groups in total. The van der Waals surface area contributed by atoms with E-state index in [0.29, 0.717) is 13.0 Å². The number of hydrogen-bond acceptors (Lipinski definition) is 2. The Bertz CT molecular complexity index is 237. The van der Waals surface area contributed by atoms with Crippen LogP contribution in [0.2, 0.25) is 0 Å². The first-order valence-corrected chi connectivity index (χ1v) is 5.44. The van der Waals surface area contributed by atoms with Crippen LogP contribution in [0.5, 0.6) is 0 Å². The molecule has 1 fully saturated rings. The Morgan fingerprint density at radius 2 is 2.13 bits per heavy atom. The van der Waals surface area contributed by atoms with E-state index < -0.39 is 12.1 Å². The summed E-state index contributed by atoms with van der Waals surface area (Å²) >= 11 is 0. The predicted octanol–water partition coefficient (Wildman–Crippen LogP) is 1.92. The molecule has 2 atom stereocenters. The normalized spacial score (nSPS) is 26.3. The number of rotatable bonds is 2. The molecule has 1 aliphatic heterocycles. The zero-order valence-corrected chi connectivity index (χ0v) is 9.66. The van der Waals surface area contributed by atoms with E-state index in [9.17, 15) is 9.18 Å². The van der Waals surface area contributed by atoms with Gasteiger partial charge in [-0.15, -0.1) is 0 Å². The molecule has 2 unspecified atom stereocenters. The minimum absolute atomic E-state index is 0.00308. The van der Waals surface area contributed by atoms with Gasteiger partial charge >= 0.3 is 5.97 Å². The Morgan fingerprint density at radius 3 is 2.60 bits per heavy atom. The SMILES string of the molecule is CC(C)(C)N1CCCC(C(F)C(=O)O)C1. The maximum Gasteiger partial charge on any atom is 0.338 e. The fourth-order valence-corrected chi connectivity index (χ4v) is 2.06. The highest BCUT2D eigenvalue weighted by atomic mass is 19.1. The van der Waals surface area contributed by atoms with Crippen molar-refractivity contribution in [1.82, 2.24) is 4.90 Å². The van der Waals surface area contributed by atoms with Crippen molar-refractivity contribution in [2.24, 2.45) is 5.92 Å². The monoisotopic (exact) mass is 217 g/mol. The van der Waals surface area contributed by atoms with Crippen LogP contribution in [0.25, 0.3) is 0 Å². The number of likely N-dealkylation sites (tertiary alicyclic amines) is 1. The Balaban J connectivity index is 2.60. The maximum atomic E-state index is 13.3. The van der Waals surface area contributed by atoms with Crippen molar-refractivity contribution in [1.29, 1.82) is 0 Å². The van der Waals surface area contributed by atoms with E-state index in [-0.39, 0.29) is 11.5 Å². The molecule has 0 amide bonds. The summed E-state index contributed by atoms with van der Waals surface area (Å²) in [7, 11) is 0. The highest BCUT2D eigenvalue weighted by Gasteiger charge is 2.35. The van der Waals surface area contributed by atoms with Gasteiger partial charge in [0.1, 0.15) is 0 Å². The number of alkyl halides is 1. The first-order valence-electron chi connectivity index (χ1n) is 5.44. The van der Waals surface area contributed by atoms with E-state index >= 15 is 0 Å². The van der Waals surface area contributed by atoms with Crippen LogP contribution in [-0.4, -0.2) is 40.8 Å². The van der Waals surface area contributed by atoms with Gasteiger partial charge in [-0.2, -0.15) is 0 Å². The molecule has 15 heavy (non-hydrogen) atoms. The van der Waals surface area contributed by atoms with Crippen LogP contribution in [0.15, 0.2) is 0 Å². The molecule has 1 heterocycles. The number of nitrogens with zero attached hydrogens (tertiary/aromatic N) is 1. The molecule has 0 spiro atoms. The molecule has 3 nitrogen and oxygen atoms in total. The van der Waals surface area contributed by atoms with Gasteiger partial charge in [0.2, 0.25) is 6.17 Å². The van der Waals surface area contributed by atoms with Gasteiger partial charge in [0, 0.05) is 18.0 Å². The van der Waals surface area contributed by atoms with Crippen LogP contribution in [0.3, 0.4) is 0 Å². The summed E-state index contributed by atoms with van der Waals surface area (Å²) in [4.78, 5) is 12.7. The molecule has 0 aliphatic carbocycles. The van der Waals surface area contributed by atoms with E-state index in [1.165, 1.54) is 0 Å². The Hall–Kier alpha value is -0.640. The third kappa shape index (κ3) is 3.16. The van der Waals surface area contributed by atoms with Crippen molar-refractivity contribution < 1.29 is 14.3 Å². The molecule has 0 aromatic carbocycles. The molecule has 0 aromatic heterocycles. The summed E-state index contributed by atoms with van der Waals surface area (Å²) in [5.74, 6) is -1.67. The summed E-state index contributed by atoms with van der Waals surface area (Å²) in [6.07, 6.45) is -0.148. The topological polar surface area (TPSA) is 40.5 Å². The summed E-state index contributed by atoms with van der Waals surface area (Å²) in [5.41, 5.74) is -0.00308. The average molecular weight is 217 g/mol. The highest BCUT2D eigenvalue weighted by Crippen LogP contribution is 2.26. The van der Waals surface area contributed by atoms with E-state index in [4.69, 9.17) is 5.11 Å². The van der Waals surface area contributed by atoms with Crippen LogP contribution in [0.4, 0.5) is 4.39 Å². The first-order chi connectivity index (χ1) is 6.82. The van der Waals surface area contributed by atoms with Crippen LogP contribution in [-0.2, 0) is 4.79 Å². The average Bonchev–Trinajstić information content (AvgIpc) is 2.15. The van der Waals surface area contributed by atoms with Crippen LogP contribution in [0.1, 0.15) is 33.6 Å². The Labute approximate surface area is 90.3 Å². The zero-order chi connectivity index (χ0) is 11.6. The third-order valence-electron chi connectivity index (χ3n) is 3.06. The molecule has 1 aliphatic rings. The summed E-state index contributed by atoms with van der Waals surface area (Å²) in [6, 6.07) is 0. The molecule has 1 saturated heterocycles. The lowest BCUT2D eigenvalue weighted by Gasteiger charge is -2.41. The molecular formula is C11H20FNO2. The molecule has 0 radical (unpaired) electrons. The number of aliphatic carboxylic acids is 1. The fourth-order valence-electron chi connectivity index (χ4n) is 2.06. The minimum atomic E-state index is -1.71. The van der Waals surface area contributed by atoms with Crippen molar-refractivity contribution >= 4 is 5.97 Å². The first kappa shape index (κ1) is 12.4. The lowest BCUT2D eigenvalue weighted by atomic mass is 9.90. The molecule has 88 valence electrons. The second kappa shape index (κ2) is 4.47. The van der Waals surface area contributed by atoms with Gasteiger partial charge in [0.05, 0.1) is 0 Å². The van der Waals surface area contributed by atoms with E-state index in [2.05, 4.69) is 25.7 Å². The number of carbonyl (C=O) groups is 1. The van der Waals surface area contributed by atoms with Crippen molar-refractivity contribution in [2.45, 2.75) is 45.3 Å². The van der Waals surface area contributed by atoms with Gasteiger partial charge in [-0.25, -0.2) is 9.18 Å². The van der Waals surface area contributed by atoms with E-state index in [1.807, 2.05) is 0 Å². The summed E-state index contributed by atoms with van der Waals surface area (Å²) in [6.45, 7) is 7.71. The second-order valence-corrected chi connectivity index (χ2v) is 5.26. The van der Waals surface area contributed by atoms with Crippen molar-refractivity contribution in [3.63, 3.8) is 0 Å². The van der Waals surface area contributed by atoms with Crippen molar-refractivity contribution in [3.8, 4) is 0 Å². The summed E-state index contributed by atoms with van der Waals surface area (Å²) in [5, 5.41) is 8.63. The summed E-state index contributed by atoms with van der Waals surface area (Å²) < 4.78 is 13.3.